The van der Waals surface area contributed by atoms with Gasteiger partial charge in [-0.25, -0.2) is 4.79 Å². The van der Waals surface area contributed by atoms with Gasteiger partial charge in [0.25, 0.3) is 0 Å². The van der Waals surface area contributed by atoms with E-state index >= 15 is 0 Å². The summed E-state index contributed by atoms with van der Waals surface area (Å²) in [5.41, 5.74) is 1.10. The van der Waals surface area contributed by atoms with E-state index in [1.54, 1.807) is 6.07 Å². The molecule has 0 bridgehead atoms. The van der Waals surface area contributed by atoms with Crippen molar-refractivity contribution < 1.29 is 19.7 Å². The van der Waals surface area contributed by atoms with E-state index in [0.29, 0.717) is 24.3 Å². The zero-order valence-corrected chi connectivity index (χ0v) is 14.5. The number of ether oxygens (including phenoxy) is 1. The van der Waals surface area contributed by atoms with E-state index in [1.807, 2.05) is 38.4 Å². The number of aromatic carboxylic acids is 1. The topological polar surface area (TPSA) is 70.0 Å². The Labute approximate surface area is 147 Å². The van der Waals surface area contributed by atoms with Crippen LogP contribution in [0.4, 0.5) is 0 Å². The highest BCUT2D eigenvalue weighted by atomic mass is 16.5. The third kappa shape index (κ3) is 3.38. The lowest BCUT2D eigenvalue weighted by Crippen LogP contribution is -2.29. The zero-order valence-electron chi connectivity index (χ0n) is 14.5. The van der Waals surface area contributed by atoms with Crippen molar-refractivity contribution in [3.63, 3.8) is 0 Å². The molecule has 0 spiro atoms. The van der Waals surface area contributed by atoms with Gasteiger partial charge in [0.2, 0.25) is 0 Å². The van der Waals surface area contributed by atoms with Crippen LogP contribution < -0.4 is 4.74 Å². The molecule has 0 aliphatic carbocycles. The smallest absolute Gasteiger partial charge is 0.335 e. The number of rotatable bonds is 5. The molecule has 0 saturated heterocycles. The van der Waals surface area contributed by atoms with Crippen LogP contribution in [-0.4, -0.2) is 41.7 Å². The second kappa shape index (κ2) is 6.86. The lowest BCUT2D eigenvalue weighted by atomic mass is 9.80. The minimum Gasteiger partial charge on any atom is -0.488 e. The van der Waals surface area contributed by atoms with Crippen molar-refractivity contribution in [1.82, 2.24) is 4.90 Å². The summed E-state index contributed by atoms with van der Waals surface area (Å²) in [5.74, 6) is -0.482. The molecule has 1 aliphatic rings. The predicted molar refractivity (Wildman–Crippen MR) is 95.0 cm³/mol. The highest BCUT2D eigenvalue weighted by Gasteiger charge is 2.38. The van der Waals surface area contributed by atoms with Gasteiger partial charge in [-0.2, -0.15) is 0 Å². The van der Waals surface area contributed by atoms with Gasteiger partial charge < -0.3 is 19.8 Å². The van der Waals surface area contributed by atoms with Crippen molar-refractivity contribution in [2.75, 3.05) is 20.6 Å². The van der Waals surface area contributed by atoms with Gasteiger partial charge in [-0.1, -0.05) is 24.3 Å². The van der Waals surface area contributed by atoms with Crippen LogP contribution in [0.3, 0.4) is 0 Å². The largest absolute Gasteiger partial charge is 0.488 e. The maximum atomic E-state index is 11.7. The third-order valence-electron chi connectivity index (χ3n) is 4.66. The molecule has 5 heteroatoms. The molecule has 1 unspecified atom stereocenters. The van der Waals surface area contributed by atoms with Gasteiger partial charge in [-0.05, 0) is 62.8 Å². The van der Waals surface area contributed by atoms with Crippen molar-refractivity contribution >= 4 is 5.97 Å². The number of aliphatic hydroxyl groups is 1. The lowest BCUT2D eigenvalue weighted by molar-refractivity contribution is 0.0649. The van der Waals surface area contributed by atoms with E-state index < -0.39 is 11.6 Å². The van der Waals surface area contributed by atoms with Gasteiger partial charge >= 0.3 is 5.97 Å². The second-order valence-electron chi connectivity index (χ2n) is 6.73. The second-order valence-corrected chi connectivity index (χ2v) is 6.73. The quantitative estimate of drug-likeness (QED) is 0.875. The van der Waals surface area contributed by atoms with E-state index in [9.17, 15) is 15.0 Å². The Morgan fingerprint density at radius 1 is 1.20 bits per heavy atom. The van der Waals surface area contributed by atoms with Crippen LogP contribution in [0.5, 0.6) is 5.75 Å². The molecule has 132 valence electrons. The molecule has 1 heterocycles. The summed E-state index contributed by atoms with van der Waals surface area (Å²) in [7, 11) is 3.98. The summed E-state index contributed by atoms with van der Waals surface area (Å²) in [5, 5.41) is 21.0. The Morgan fingerprint density at radius 2 is 1.96 bits per heavy atom. The molecule has 2 N–H and O–H groups in total. The number of carbonyl (C=O) groups is 1. The first kappa shape index (κ1) is 17.5. The number of nitrogens with zero attached hydrogens (tertiary/aromatic N) is 1. The monoisotopic (exact) mass is 341 g/mol. The molecule has 1 atom stereocenters. The fourth-order valence-electron chi connectivity index (χ4n) is 3.38. The first-order valence-corrected chi connectivity index (χ1v) is 8.38. The third-order valence-corrected chi connectivity index (χ3v) is 4.66. The minimum atomic E-state index is -1.27. The van der Waals surface area contributed by atoms with Gasteiger partial charge in [0.1, 0.15) is 18.0 Å². The molecular weight excluding hydrogens is 318 g/mol. The Kier molecular flexibility index (Phi) is 4.79. The van der Waals surface area contributed by atoms with E-state index in [0.717, 1.165) is 24.1 Å². The van der Waals surface area contributed by atoms with Crippen molar-refractivity contribution in [2.45, 2.75) is 25.0 Å². The number of benzene rings is 2. The van der Waals surface area contributed by atoms with Gasteiger partial charge in [-0.3, -0.25) is 0 Å². The minimum absolute atomic E-state index is 0.146. The molecule has 5 nitrogen and oxygen atoms in total. The molecule has 0 radical (unpaired) electrons. The molecule has 0 fully saturated rings. The van der Waals surface area contributed by atoms with Crippen LogP contribution in [0.1, 0.15) is 39.9 Å². The molecule has 3 rings (SSSR count). The van der Waals surface area contributed by atoms with E-state index in [4.69, 9.17) is 4.74 Å². The fraction of sp³-hybridized carbons (Fsp3) is 0.350. The van der Waals surface area contributed by atoms with Crippen LogP contribution in [0, 0.1) is 0 Å². The average Bonchev–Trinajstić information content (AvgIpc) is 2.70. The first-order valence-electron chi connectivity index (χ1n) is 8.38. The summed E-state index contributed by atoms with van der Waals surface area (Å²) >= 11 is 0. The lowest BCUT2D eigenvalue weighted by Gasteiger charge is -2.30. The molecule has 2 aromatic carbocycles. The van der Waals surface area contributed by atoms with E-state index in [-0.39, 0.29) is 5.56 Å². The van der Waals surface area contributed by atoms with E-state index in [1.165, 1.54) is 12.1 Å². The summed E-state index contributed by atoms with van der Waals surface area (Å²) in [4.78, 5) is 13.5. The Hall–Kier alpha value is -2.37. The highest BCUT2D eigenvalue weighted by Crippen LogP contribution is 2.43. The predicted octanol–water partition coefficient (Wildman–Crippen LogP) is 2.85. The van der Waals surface area contributed by atoms with Crippen molar-refractivity contribution in [3.8, 4) is 5.75 Å². The maximum Gasteiger partial charge on any atom is 0.335 e. The van der Waals surface area contributed by atoms with Crippen LogP contribution in [0.2, 0.25) is 0 Å². The number of fused-ring (bicyclic) bond motifs is 2. The Bertz CT molecular complexity index is 787. The SMILES string of the molecule is CN(C)CCCC1(O)c2ccccc2COc2ccc(C(=O)O)cc21. The number of hydrogen-bond acceptors (Lipinski definition) is 4. The van der Waals surface area contributed by atoms with Crippen molar-refractivity contribution in [2.24, 2.45) is 0 Å². The van der Waals surface area contributed by atoms with Gasteiger partial charge in [-0.15, -0.1) is 0 Å². The van der Waals surface area contributed by atoms with Gasteiger partial charge in [0.15, 0.2) is 0 Å². The number of carboxylic acid groups (broad SMARTS) is 1. The van der Waals surface area contributed by atoms with Gasteiger partial charge in [0.05, 0.1) is 5.56 Å². The van der Waals surface area contributed by atoms with Crippen LogP contribution >= 0.6 is 0 Å². The molecule has 0 amide bonds. The molecular formula is C20H23NO4. The highest BCUT2D eigenvalue weighted by molar-refractivity contribution is 5.88. The molecule has 0 aromatic heterocycles. The normalized spacial score (nSPS) is 18.9. The van der Waals surface area contributed by atoms with Crippen LogP contribution in [0.15, 0.2) is 42.5 Å². The zero-order chi connectivity index (χ0) is 18.0. The standard InChI is InChI=1S/C20H23NO4/c1-21(2)11-5-10-20(24)16-7-4-3-6-15(16)13-25-18-9-8-14(19(22)23)12-17(18)20/h3-4,6-9,12,24H,5,10-11,13H2,1-2H3,(H,22,23). The summed E-state index contributed by atoms with van der Waals surface area (Å²) in [6.45, 7) is 1.19. The Balaban J connectivity index is 2.12. The van der Waals surface area contributed by atoms with Crippen LogP contribution in [0.25, 0.3) is 0 Å². The average molecular weight is 341 g/mol. The summed E-state index contributed by atoms with van der Waals surface area (Å²) in [6, 6.07) is 12.3. The molecule has 25 heavy (non-hydrogen) atoms. The van der Waals surface area contributed by atoms with Gasteiger partial charge in [0, 0.05) is 5.56 Å². The summed E-state index contributed by atoms with van der Waals surface area (Å²) in [6.07, 6.45) is 1.26. The molecule has 2 aromatic rings. The maximum absolute atomic E-state index is 11.7. The summed E-state index contributed by atoms with van der Waals surface area (Å²) < 4.78 is 5.87. The molecule has 1 aliphatic heterocycles. The molecule has 0 saturated carbocycles. The number of carboxylic acids is 1. The van der Waals surface area contributed by atoms with Crippen molar-refractivity contribution in [1.29, 1.82) is 0 Å². The van der Waals surface area contributed by atoms with E-state index in [2.05, 4.69) is 4.90 Å². The Morgan fingerprint density at radius 3 is 2.68 bits per heavy atom. The van der Waals surface area contributed by atoms with Crippen molar-refractivity contribution in [3.05, 3.63) is 64.7 Å². The van der Waals surface area contributed by atoms with Crippen LogP contribution in [-0.2, 0) is 12.2 Å². The first-order chi connectivity index (χ1) is 11.9. The fourth-order valence-corrected chi connectivity index (χ4v) is 3.38. The number of hydrogen-bond donors (Lipinski definition) is 2.